The van der Waals surface area contributed by atoms with Crippen molar-refractivity contribution in [3.63, 3.8) is 0 Å². The van der Waals surface area contributed by atoms with Crippen molar-refractivity contribution in [3.05, 3.63) is 0 Å². The van der Waals surface area contributed by atoms with Gasteiger partial charge in [-0.05, 0) is 6.92 Å². The molecule has 8 N–H and O–H groups in total. The molecule has 0 aliphatic heterocycles. The Morgan fingerprint density at radius 1 is 1.11 bits per heavy atom. The molecule has 0 aromatic carbocycles. The van der Waals surface area contributed by atoms with Crippen LogP contribution in [-0.4, -0.2) is 57.1 Å². The molecule has 0 heterocycles. The molecule has 0 saturated heterocycles. The zero-order valence-electron chi connectivity index (χ0n) is 10.2. The summed E-state index contributed by atoms with van der Waals surface area (Å²) in [5.74, 6) is -2.98. The van der Waals surface area contributed by atoms with Gasteiger partial charge in [0, 0.05) is 5.75 Å². The summed E-state index contributed by atoms with van der Waals surface area (Å²) in [7, 11) is 1.86. The molecule has 10 heteroatoms. The quantitative estimate of drug-likeness (QED) is 0.315. The standard InChI is InChI=1S/C9H17N3O5S2/c1-3(10)6(13)7(5(12)9(16)17)19-18-2-4(11)8(14)15/h3-5,7H,2,10-12H2,1H3,(H,14,15)(H,16,17)/t3-,4-,5-,7?/m0/s1. The maximum atomic E-state index is 11.7. The van der Waals surface area contributed by atoms with Crippen LogP contribution in [0.15, 0.2) is 0 Å². The van der Waals surface area contributed by atoms with Gasteiger partial charge in [0.05, 0.1) is 6.04 Å². The van der Waals surface area contributed by atoms with Crippen LogP contribution in [0.2, 0.25) is 0 Å². The molecule has 110 valence electrons. The van der Waals surface area contributed by atoms with Gasteiger partial charge < -0.3 is 27.4 Å². The molecule has 19 heavy (non-hydrogen) atoms. The topological polar surface area (TPSA) is 170 Å². The third-order valence-corrected chi connectivity index (χ3v) is 4.88. The van der Waals surface area contributed by atoms with Crippen LogP contribution in [0.25, 0.3) is 0 Å². The van der Waals surface area contributed by atoms with Crippen LogP contribution in [0.4, 0.5) is 0 Å². The van der Waals surface area contributed by atoms with E-state index in [4.69, 9.17) is 27.4 Å². The summed E-state index contributed by atoms with van der Waals surface area (Å²) in [6.45, 7) is 1.43. The van der Waals surface area contributed by atoms with Crippen LogP contribution in [-0.2, 0) is 14.4 Å². The lowest BCUT2D eigenvalue weighted by Gasteiger charge is -2.20. The van der Waals surface area contributed by atoms with Crippen molar-refractivity contribution in [2.75, 3.05) is 5.75 Å². The zero-order valence-corrected chi connectivity index (χ0v) is 11.8. The molecule has 0 spiro atoms. The van der Waals surface area contributed by atoms with E-state index in [0.717, 1.165) is 21.6 Å². The number of hydrogen-bond acceptors (Lipinski definition) is 8. The fourth-order valence-corrected chi connectivity index (χ4v) is 3.75. The van der Waals surface area contributed by atoms with E-state index in [2.05, 4.69) is 0 Å². The number of carboxylic acid groups (broad SMARTS) is 2. The minimum atomic E-state index is -1.41. The molecule has 0 aliphatic rings. The van der Waals surface area contributed by atoms with Gasteiger partial charge in [-0.15, -0.1) is 0 Å². The predicted molar refractivity (Wildman–Crippen MR) is 73.7 cm³/mol. The first-order chi connectivity index (χ1) is 8.68. The maximum Gasteiger partial charge on any atom is 0.322 e. The fraction of sp³-hybridized carbons (Fsp3) is 0.667. The summed E-state index contributed by atoms with van der Waals surface area (Å²) in [5, 5.41) is 16.4. The number of hydrogen-bond donors (Lipinski definition) is 5. The lowest BCUT2D eigenvalue weighted by molar-refractivity contribution is -0.140. The Balaban J connectivity index is 4.56. The summed E-state index contributed by atoms with van der Waals surface area (Å²) in [4.78, 5) is 33.1. The van der Waals surface area contributed by atoms with Crippen molar-refractivity contribution in [1.29, 1.82) is 0 Å². The Morgan fingerprint density at radius 3 is 2.00 bits per heavy atom. The number of carboxylic acids is 2. The molecule has 8 nitrogen and oxygen atoms in total. The van der Waals surface area contributed by atoms with E-state index in [1.54, 1.807) is 0 Å². The van der Waals surface area contributed by atoms with Crippen LogP contribution in [0.1, 0.15) is 6.92 Å². The molecule has 1 unspecified atom stereocenters. The Bertz CT molecular complexity index is 353. The first-order valence-corrected chi connectivity index (χ1v) is 7.61. The average Bonchev–Trinajstić information content (AvgIpc) is 2.32. The molecule has 0 aromatic heterocycles. The normalized spacial score (nSPS) is 17.3. The first-order valence-electron chi connectivity index (χ1n) is 5.22. The molecule has 0 aromatic rings. The summed E-state index contributed by atoms with van der Waals surface area (Å²) in [6.07, 6.45) is 0. The van der Waals surface area contributed by atoms with Gasteiger partial charge in [-0.3, -0.25) is 14.4 Å². The minimum absolute atomic E-state index is 0.0229. The minimum Gasteiger partial charge on any atom is -0.480 e. The Hall–Kier alpha value is -0.810. The van der Waals surface area contributed by atoms with E-state index in [1.165, 1.54) is 6.92 Å². The predicted octanol–water partition coefficient (Wildman–Crippen LogP) is -1.52. The third-order valence-electron chi connectivity index (χ3n) is 2.08. The monoisotopic (exact) mass is 311 g/mol. The molecule has 0 saturated carbocycles. The second-order valence-electron chi connectivity index (χ2n) is 3.80. The van der Waals surface area contributed by atoms with Gasteiger partial charge in [-0.2, -0.15) is 0 Å². The lowest BCUT2D eigenvalue weighted by Crippen LogP contribution is -2.48. The highest BCUT2D eigenvalue weighted by Gasteiger charge is 2.33. The van der Waals surface area contributed by atoms with E-state index in [1.807, 2.05) is 0 Å². The SMILES string of the molecule is C[C@H](N)C(=O)C(SSC[C@H](N)C(=O)O)[C@H](N)C(=O)O. The molecule has 0 bridgehead atoms. The van der Waals surface area contributed by atoms with Crippen molar-refractivity contribution in [2.24, 2.45) is 17.2 Å². The number of rotatable bonds is 9. The molecule has 0 fully saturated rings. The largest absolute Gasteiger partial charge is 0.480 e. The number of carbonyl (C=O) groups is 3. The van der Waals surface area contributed by atoms with Crippen molar-refractivity contribution >= 4 is 39.3 Å². The molecule has 0 amide bonds. The highest BCUT2D eigenvalue weighted by Crippen LogP contribution is 2.30. The van der Waals surface area contributed by atoms with E-state index in [-0.39, 0.29) is 5.75 Å². The van der Waals surface area contributed by atoms with Gasteiger partial charge >= 0.3 is 11.9 Å². The Morgan fingerprint density at radius 2 is 1.63 bits per heavy atom. The maximum absolute atomic E-state index is 11.7. The Labute approximate surface area is 117 Å². The van der Waals surface area contributed by atoms with Gasteiger partial charge in [0.15, 0.2) is 5.78 Å². The number of nitrogens with two attached hydrogens (primary N) is 3. The van der Waals surface area contributed by atoms with Gasteiger partial charge in [0.1, 0.15) is 17.3 Å². The molecule has 0 aliphatic carbocycles. The molecular formula is C9H17N3O5S2. The highest BCUT2D eigenvalue weighted by atomic mass is 33.1. The third kappa shape index (κ3) is 6.25. The van der Waals surface area contributed by atoms with Crippen LogP contribution in [0.5, 0.6) is 0 Å². The van der Waals surface area contributed by atoms with E-state index >= 15 is 0 Å². The molecular weight excluding hydrogens is 294 g/mol. The van der Waals surface area contributed by atoms with Crippen LogP contribution in [0.3, 0.4) is 0 Å². The fourth-order valence-electron chi connectivity index (χ4n) is 0.930. The summed E-state index contributed by atoms with van der Waals surface area (Å²) >= 11 is 0. The molecule has 0 rings (SSSR count). The summed E-state index contributed by atoms with van der Waals surface area (Å²) in [6, 6.07) is -3.35. The van der Waals surface area contributed by atoms with E-state index in [9.17, 15) is 14.4 Å². The number of ketones is 1. The Kier molecular flexibility index (Phi) is 8.02. The number of Topliss-reactive ketones (excluding diaryl/α,β-unsaturated/α-hetero) is 1. The zero-order chi connectivity index (χ0) is 15.2. The van der Waals surface area contributed by atoms with E-state index < -0.39 is 41.1 Å². The van der Waals surface area contributed by atoms with Gasteiger partial charge in [0.25, 0.3) is 0 Å². The van der Waals surface area contributed by atoms with Crippen LogP contribution in [0, 0.1) is 0 Å². The summed E-state index contributed by atoms with van der Waals surface area (Å²) in [5.41, 5.74) is 16.1. The van der Waals surface area contributed by atoms with Gasteiger partial charge in [0.2, 0.25) is 0 Å². The second-order valence-corrected chi connectivity index (χ2v) is 6.35. The van der Waals surface area contributed by atoms with Crippen molar-refractivity contribution in [3.8, 4) is 0 Å². The highest BCUT2D eigenvalue weighted by molar-refractivity contribution is 8.77. The van der Waals surface area contributed by atoms with Crippen LogP contribution >= 0.6 is 21.6 Å². The molecule has 0 radical (unpaired) electrons. The van der Waals surface area contributed by atoms with E-state index in [0.29, 0.717) is 0 Å². The number of aliphatic carboxylic acids is 2. The van der Waals surface area contributed by atoms with Crippen molar-refractivity contribution < 1.29 is 24.6 Å². The van der Waals surface area contributed by atoms with Crippen molar-refractivity contribution in [2.45, 2.75) is 30.3 Å². The second kappa shape index (κ2) is 8.38. The van der Waals surface area contributed by atoms with Crippen molar-refractivity contribution in [1.82, 2.24) is 0 Å². The molecule has 4 atom stereocenters. The summed E-state index contributed by atoms with van der Waals surface area (Å²) < 4.78 is 0. The van der Waals surface area contributed by atoms with Gasteiger partial charge in [-0.25, -0.2) is 0 Å². The lowest BCUT2D eigenvalue weighted by atomic mass is 10.1. The van der Waals surface area contributed by atoms with Crippen LogP contribution < -0.4 is 17.2 Å². The first kappa shape index (κ1) is 18.2. The average molecular weight is 311 g/mol. The van der Waals surface area contributed by atoms with Gasteiger partial charge in [-0.1, -0.05) is 21.6 Å². The smallest absolute Gasteiger partial charge is 0.322 e. The number of carbonyl (C=O) groups excluding carboxylic acids is 1.